The molecule has 1 heterocycles. The van der Waals surface area contributed by atoms with E-state index in [9.17, 15) is 4.79 Å². The van der Waals surface area contributed by atoms with E-state index in [0.29, 0.717) is 28.6 Å². The van der Waals surface area contributed by atoms with Crippen LogP contribution in [-0.2, 0) is 0 Å². The summed E-state index contributed by atoms with van der Waals surface area (Å²) in [5.41, 5.74) is 0.984. The molecular weight excluding hydrogens is 304 g/mol. The van der Waals surface area contributed by atoms with Gasteiger partial charge in [-0.2, -0.15) is 0 Å². The first-order chi connectivity index (χ1) is 11.8. The maximum Gasteiger partial charge on any atom is 0.255 e. The molecule has 0 radical (unpaired) electrons. The first-order valence-electron chi connectivity index (χ1n) is 7.39. The number of methoxy groups -OCH3 is 1. The number of pyridine rings is 1. The lowest BCUT2D eigenvalue weighted by atomic mass is 10.2. The molecule has 1 N–H and O–H groups in total. The summed E-state index contributed by atoms with van der Waals surface area (Å²) in [7, 11) is 1.56. The molecule has 3 aromatic rings. The summed E-state index contributed by atoms with van der Waals surface area (Å²) in [5, 5.41) is 2.82. The third kappa shape index (κ3) is 3.70. The Morgan fingerprint density at radius 2 is 1.75 bits per heavy atom. The van der Waals surface area contributed by atoms with Gasteiger partial charge in [0.05, 0.1) is 7.11 Å². The highest BCUT2D eigenvalue weighted by Crippen LogP contribution is 2.27. The normalized spacial score (nSPS) is 10.0. The highest BCUT2D eigenvalue weighted by molar-refractivity contribution is 6.05. The Kier molecular flexibility index (Phi) is 4.72. The van der Waals surface area contributed by atoms with Gasteiger partial charge in [0.1, 0.15) is 17.2 Å². The van der Waals surface area contributed by atoms with Crippen LogP contribution >= 0.6 is 0 Å². The van der Waals surface area contributed by atoms with Crippen LogP contribution in [0, 0.1) is 0 Å². The van der Waals surface area contributed by atoms with E-state index in [4.69, 9.17) is 9.47 Å². The fourth-order valence-electron chi connectivity index (χ4n) is 2.13. The zero-order valence-electron chi connectivity index (χ0n) is 13.1. The lowest BCUT2D eigenvalue weighted by Gasteiger charge is -2.11. The number of benzene rings is 2. The molecule has 5 nitrogen and oxygen atoms in total. The molecule has 24 heavy (non-hydrogen) atoms. The van der Waals surface area contributed by atoms with Crippen molar-refractivity contribution in [3.63, 3.8) is 0 Å². The molecule has 0 saturated heterocycles. The van der Waals surface area contributed by atoms with E-state index in [-0.39, 0.29) is 5.91 Å². The molecule has 0 spiro atoms. The molecule has 2 aromatic carbocycles. The fourth-order valence-corrected chi connectivity index (χ4v) is 2.13. The van der Waals surface area contributed by atoms with Crippen LogP contribution in [0.4, 0.5) is 5.69 Å². The molecule has 1 amide bonds. The molecule has 0 fully saturated rings. The van der Waals surface area contributed by atoms with Gasteiger partial charge in [0.15, 0.2) is 0 Å². The van der Waals surface area contributed by atoms with E-state index in [1.807, 2.05) is 30.3 Å². The molecule has 0 aliphatic rings. The monoisotopic (exact) mass is 320 g/mol. The SMILES string of the molecule is COc1cccc(C(=O)Nc2cccnc2Oc2ccccc2)c1. The van der Waals surface area contributed by atoms with Gasteiger partial charge in [0.2, 0.25) is 5.88 Å². The quantitative estimate of drug-likeness (QED) is 0.767. The zero-order chi connectivity index (χ0) is 16.8. The van der Waals surface area contributed by atoms with Crippen LogP contribution < -0.4 is 14.8 Å². The number of ether oxygens (including phenoxy) is 2. The Bertz CT molecular complexity index is 835. The minimum Gasteiger partial charge on any atom is -0.497 e. The van der Waals surface area contributed by atoms with Gasteiger partial charge in [0.25, 0.3) is 5.91 Å². The smallest absolute Gasteiger partial charge is 0.255 e. The van der Waals surface area contributed by atoms with Crippen LogP contribution in [-0.4, -0.2) is 18.0 Å². The van der Waals surface area contributed by atoms with Gasteiger partial charge in [-0.05, 0) is 42.5 Å². The number of amides is 1. The summed E-state index contributed by atoms with van der Waals surface area (Å²) >= 11 is 0. The first-order valence-corrected chi connectivity index (χ1v) is 7.39. The fraction of sp³-hybridized carbons (Fsp3) is 0.0526. The third-order valence-electron chi connectivity index (χ3n) is 3.31. The Morgan fingerprint density at radius 1 is 0.958 bits per heavy atom. The largest absolute Gasteiger partial charge is 0.497 e. The predicted octanol–water partition coefficient (Wildman–Crippen LogP) is 4.13. The van der Waals surface area contributed by atoms with Crippen molar-refractivity contribution in [2.45, 2.75) is 0 Å². The number of carbonyl (C=O) groups excluding carboxylic acids is 1. The Balaban J connectivity index is 1.81. The molecule has 0 bridgehead atoms. The molecule has 5 heteroatoms. The number of anilines is 1. The predicted molar refractivity (Wildman–Crippen MR) is 91.7 cm³/mol. The molecule has 0 aliphatic heterocycles. The van der Waals surface area contributed by atoms with Crippen molar-refractivity contribution in [1.82, 2.24) is 4.98 Å². The second-order valence-electron chi connectivity index (χ2n) is 4.96. The molecule has 0 atom stereocenters. The van der Waals surface area contributed by atoms with Gasteiger partial charge < -0.3 is 14.8 Å². The van der Waals surface area contributed by atoms with Crippen molar-refractivity contribution in [3.8, 4) is 17.4 Å². The lowest BCUT2D eigenvalue weighted by molar-refractivity contribution is 0.102. The molecular formula is C19H16N2O3. The highest BCUT2D eigenvalue weighted by atomic mass is 16.5. The van der Waals surface area contributed by atoms with E-state index in [0.717, 1.165) is 0 Å². The summed E-state index contributed by atoms with van der Waals surface area (Å²) < 4.78 is 10.9. The Labute approximate surface area is 139 Å². The van der Waals surface area contributed by atoms with E-state index in [2.05, 4.69) is 10.3 Å². The minimum absolute atomic E-state index is 0.264. The number of carbonyl (C=O) groups is 1. The average Bonchev–Trinajstić information content (AvgIpc) is 2.64. The van der Waals surface area contributed by atoms with Gasteiger partial charge >= 0.3 is 0 Å². The van der Waals surface area contributed by atoms with Crippen molar-refractivity contribution < 1.29 is 14.3 Å². The summed E-state index contributed by atoms with van der Waals surface area (Å²) in [5.74, 6) is 1.34. The van der Waals surface area contributed by atoms with Crippen LogP contribution in [0.15, 0.2) is 72.9 Å². The van der Waals surface area contributed by atoms with Gasteiger partial charge in [-0.15, -0.1) is 0 Å². The minimum atomic E-state index is -0.264. The van der Waals surface area contributed by atoms with Crippen molar-refractivity contribution in [1.29, 1.82) is 0 Å². The summed E-state index contributed by atoms with van der Waals surface area (Å²) in [6.07, 6.45) is 1.61. The summed E-state index contributed by atoms with van der Waals surface area (Å²) in [6, 6.07) is 19.7. The maximum atomic E-state index is 12.4. The van der Waals surface area contributed by atoms with Gasteiger partial charge in [0, 0.05) is 11.8 Å². The van der Waals surface area contributed by atoms with Crippen LogP contribution in [0.3, 0.4) is 0 Å². The van der Waals surface area contributed by atoms with Crippen molar-refractivity contribution in [2.24, 2.45) is 0 Å². The van der Waals surface area contributed by atoms with Crippen molar-refractivity contribution in [3.05, 3.63) is 78.5 Å². The molecule has 3 rings (SSSR count). The third-order valence-corrected chi connectivity index (χ3v) is 3.31. The Hall–Kier alpha value is -3.34. The van der Waals surface area contributed by atoms with E-state index >= 15 is 0 Å². The first kappa shape index (κ1) is 15.6. The molecule has 0 aliphatic carbocycles. The van der Waals surface area contributed by atoms with Gasteiger partial charge in [-0.25, -0.2) is 4.98 Å². The van der Waals surface area contributed by atoms with Gasteiger partial charge in [-0.1, -0.05) is 24.3 Å². The zero-order valence-corrected chi connectivity index (χ0v) is 13.1. The number of para-hydroxylation sites is 1. The topological polar surface area (TPSA) is 60.5 Å². The second-order valence-corrected chi connectivity index (χ2v) is 4.96. The molecule has 1 aromatic heterocycles. The maximum absolute atomic E-state index is 12.4. The molecule has 120 valence electrons. The van der Waals surface area contributed by atoms with E-state index in [1.165, 1.54) is 0 Å². The highest BCUT2D eigenvalue weighted by Gasteiger charge is 2.12. The number of rotatable bonds is 5. The van der Waals surface area contributed by atoms with Crippen LogP contribution in [0.2, 0.25) is 0 Å². The van der Waals surface area contributed by atoms with Crippen LogP contribution in [0.5, 0.6) is 17.4 Å². The van der Waals surface area contributed by atoms with Crippen LogP contribution in [0.1, 0.15) is 10.4 Å². The standard InChI is InChI=1S/C19H16N2O3/c1-23-16-10-5-7-14(13-16)18(22)21-17-11-6-12-20-19(17)24-15-8-3-2-4-9-15/h2-13H,1H3,(H,21,22). The number of hydrogen-bond acceptors (Lipinski definition) is 4. The number of hydrogen-bond donors (Lipinski definition) is 1. The van der Waals surface area contributed by atoms with Crippen LogP contribution in [0.25, 0.3) is 0 Å². The summed E-state index contributed by atoms with van der Waals surface area (Å²) in [4.78, 5) is 16.6. The molecule has 0 unspecified atom stereocenters. The van der Waals surface area contributed by atoms with E-state index < -0.39 is 0 Å². The van der Waals surface area contributed by atoms with Crippen molar-refractivity contribution in [2.75, 3.05) is 12.4 Å². The summed E-state index contributed by atoms with van der Waals surface area (Å²) in [6.45, 7) is 0. The number of nitrogens with zero attached hydrogens (tertiary/aromatic N) is 1. The van der Waals surface area contributed by atoms with Crippen molar-refractivity contribution >= 4 is 11.6 Å². The van der Waals surface area contributed by atoms with E-state index in [1.54, 1.807) is 49.7 Å². The Morgan fingerprint density at radius 3 is 2.54 bits per heavy atom. The van der Waals surface area contributed by atoms with Gasteiger partial charge in [-0.3, -0.25) is 4.79 Å². The number of aromatic nitrogens is 1. The average molecular weight is 320 g/mol. The second kappa shape index (κ2) is 7.28. The lowest BCUT2D eigenvalue weighted by Crippen LogP contribution is -2.13. The number of nitrogens with one attached hydrogen (secondary N) is 1. The molecule has 0 saturated carbocycles.